The number of pyridine rings is 3. The fourth-order valence-corrected chi connectivity index (χ4v) is 5.97. The molecule has 0 aromatic carbocycles. The second kappa shape index (κ2) is 9.59. The third-order valence-corrected chi connectivity index (χ3v) is 7.97. The Bertz CT molecular complexity index is 1540. The Balaban J connectivity index is 1.23. The fourth-order valence-electron chi connectivity index (χ4n) is 5.97. The van der Waals surface area contributed by atoms with E-state index in [0.717, 1.165) is 83.1 Å². The Hall–Kier alpha value is -3.78. The minimum absolute atomic E-state index is 0.714. The van der Waals surface area contributed by atoms with Crippen LogP contribution in [0.25, 0.3) is 44.5 Å². The van der Waals surface area contributed by atoms with Crippen molar-refractivity contribution < 1.29 is 0 Å². The highest BCUT2D eigenvalue weighted by Gasteiger charge is 2.19. The molecule has 0 radical (unpaired) electrons. The third-order valence-electron chi connectivity index (χ3n) is 7.97. The highest BCUT2D eigenvalue weighted by Crippen LogP contribution is 2.34. The van der Waals surface area contributed by atoms with Gasteiger partial charge >= 0.3 is 0 Å². The molecule has 0 spiro atoms. The first-order chi connectivity index (χ1) is 18.3. The molecule has 37 heavy (non-hydrogen) atoms. The fraction of sp³-hybridized carbons (Fsp3) is 0.379. The molecule has 2 aliphatic rings. The predicted octanol–water partition coefficient (Wildman–Crippen LogP) is 5.10. The van der Waals surface area contributed by atoms with Gasteiger partial charge in [-0.25, -0.2) is 9.97 Å². The van der Waals surface area contributed by atoms with Crippen LogP contribution in [-0.4, -0.2) is 56.3 Å². The van der Waals surface area contributed by atoms with Crippen LogP contribution in [0.4, 0.5) is 5.82 Å². The largest absolute Gasteiger partial charge is 0.356 e. The lowest BCUT2D eigenvalue weighted by molar-refractivity contribution is 0.372. The molecule has 5 aromatic rings. The predicted molar refractivity (Wildman–Crippen MR) is 148 cm³/mol. The smallest absolute Gasteiger partial charge is 0.181 e. The Morgan fingerprint density at radius 3 is 2.65 bits per heavy atom. The maximum Gasteiger partial charge on any atom is 0.181 e. The van der Waals surface area contributed by atoms with Crippen LogP contribution in [0, 0.1) is 5.92 Å². The van der Waals surface area contributed by atoms with Gasteiger partial charge in [-0.2, -0.15) is 5.10 Å². The summed E-state index contributed by atoms with van der Waals surface area (Å²) in [5.41, 5.74) is 7.20. The third kappa shape index (κ3) is 4.35. The number of hydrogen-bond donors (Lipinski definition) is 3. The lowest BCUT2D eigenvalue weighted by Crippen LogP contribution is -2.30. The van der Waals surface area contributed by atoms with Crippen LogP contribution in [0.1, 0.15) is 37.7 Å². The van der Waals surface area contributed by atoms with Gasteiger partial charge in [-0.1, -0.05) is 0 Å². The molecule has 7 heterocycles. The van der Waals surface area contributed by atoms with Gasteiger partial charge in [0.2, 0.25) is 0 Å². The van der Waals surface area contributed by atoms with Gasteiger partial charge in [-0.05, 0) is 87.4 Å². The highest BCUT2D eigenvalue weighted by molar-refractivity contribution is 5.99. The molecular formula is C29H32N8. The summed E-state index contributed by atoms with van der Waals surface area (Å²) in [4.78, 5) is 20.0. The van der Waals surface area contributed by atoms with E-state index in [2.05, 4.69) is 53.6 Å². The SMILES string of the molecule is c1cc2[nH]c(-c3[nH]nc4ncc(-c5cncc(CC6CCNCC6)c5)cc34)cc2c(N2CCCCC2)n1. The molecule has 0 amide bonds. The number of hydrogen-bond acceptors (Lipinski definition) is 6. The molecule has 188 valence electrons. The van der Waals surface area contributed by atoms with Gasteiger partial charge in [-0.3, -0.25) is 10.1 Å². The van der Waals surface area contributed by atoms with Gasteiger partial charge in [0.05, 0.1) is 16.9 Å². The van der Waals surface area contributed by atoms with E-state index in [1.807, 2.05) is 30.9 Å². The van der Waals surface area contributed by atoms with E-state index in [4.69, 9.17) is 4.98 Å². The summed E-state index contributed by atoms with van der Waals surface area (Å²) in [6.45, 7) is 4.37. The van der Waals surface area contributed by atoms with E-state index < -0.39 is 0 Å². The second-order valence-corrected chi connectivity index (χ2v) is 10.5. The summed E-state index contributed by atoms with van der Waals surface area (Å²) in [5.74, 6) is 1.80. The molecular weight excluding hydrogens is 460 g/mol. The second-order valence-electron chi connectivity index (χ2n) is 10.5. The van der Waals surface area contributed by atoms with E-state index in [0.29, 0.717) is 5.65 Å². The van der Waals surface area contributed by atoms with Crippen LogP contribution >= 0.6 is 0 Å². The number of piperidine rings is 2. The van der Waals surface area contributed by atoms with Crippen molar-refractivity contribution in [3.05, 3.63) is 54.6 Å². The van der Waals surface area contributed by atoms with Crippen LogP contribution in [0.2, 0.25) is 0 Å². The van der Waals surface area contributed by atoms with Crippen molar-refractivity contribution in [3.8, 4) is 22.5 Å². The van der Waals surface area contributed by atoms with Crippen LogP contribution < -0.4 is 10.2 Å². The molecule has 0 bridgehead atoms. The van der Waals surface area contributed by atoms with Crippen molar-refractivity contribution in [2.45, 2.75) is 38.5 Å². The first-order valence-corrected chi connectivity index (χ1v) is 13.5. The monoisotopic (exact) mass is 492 g/mol. The summed E-state index contributed by atoms with van der Waals surface area (Å²) in [7, 11) is 0. The van der Waals surface area contributed by atoms with E-state index in [-0.39, 0.29) is 0 Å². The first-order valence-electron chi connectivity index (χ1n) is 13.5. The Labute approximate surface area is 215 Å². The van der Waals surface area contributed by atoms with E-state index in [1.54, 1.807) is 0 Å². The zero-order chi connectivity index (χ0) is 24.6. The molecule has 8 heteroatoms. The average Bonchev–Trinajstić information content (AvgIpc) is 3.58. The zero-order valence-electron chi connectivity index (χ0n) is 21.0. The molecule has 0 saturated carbocycles. The first kappa shape index (κ1) is 22.4. The summed E-state index contributed by atoms with van der Waals surface area (Å²) in [5, 5.41) is 13.4. The summed E-state index contributed by atoms with van der Waals surface area (Å²) in [6, 6.07) is 8.71. The van der Waals surface area contributed by atoms with Crippen molar-refractivity contribution in [2.24, 2.45) is 5.92 Å². The minimum Gasteiger partial charge on any atom is -0.356 e. The molecule has 0 aliphatic carbocycles. The lowest BCUT2D eigenvalue weighted by Gasteiger charge is -2.28. The Morgan fingerprint density at radius 1 is 0.892 bits per heavy atom. The standard InChI is InChI=1S/C29H32N8/c1-2-10-37(11-3-1)29-23-15-26(34-25(23)6-9-32-29)27-24-14-22(18-33-28(24)36-35-27)21-13-20(16-31-17-21)12-19-4-7-30-8-5-19/h6,9,13-19,30,34H,1-5,7-8,10-12H2,(H,33,35,36). The molecule has 2 saturated heterocycles. The summed E-state index contributed by atoms with van der Waals surface area (Å²) < 4.78 is 0. The normalized spacial score (nSPS) is 17.1. The number of fused-ring (bicyclic) bond motifs is 2. The molecule has 2 fully saturated rings. The number of aromatic amines is 2. The van der Waals surface area contributed by atoms with E-state index in [9.17, 15) is 0 Å². The molecule has 3 N–H and O–H groups in total. The highest BCUT2D eigenvalue weighted by atomic mass is 15.2. The van der Waals surface area contributed by atoms with Gasteiger partial charge in [0.15, 0.2) is 5.65 Å². The summed E-state index contributed by atoms with van der Waals surface area (Å²) in [6.07, 6.45) is 15.1. The Kier molecular flexibility index (Phi) is 5.81. The molecule has 0 unspecified atom stereocenters. The number of H-pyrrole nitrogens is 2. The van der Waals surface area contributed by atoms with E-state index in [1.165, 1.54) is 37.7 Å². The zero-order valence-corrected chi connectivity index (χ0v) is 21.0. The minimum atomic E-state index is 0.714. The van der Waals surface area contributed by atoms with Crippen LogP contribution in [-0.2, 0) is 6.42 Å². The molecule has 7 rings (SSSR count). The quantitative estimate of drug-likeness (QED) is 0.316. The number of nitrogens with zero attached hydrogens (tertiary/aromatic N) is 5. The number of aromatic nitrogens is 6. The molecule has 0 atom stereocenters. The summed E-state index contributed by atoms with van der Waals surface area (Å²) >= 11 is 0. The van der Waals surface area contributed by atoms with Crippen molar-refractivity contribution in [3.63, 3.8) is 0 Å². The Morgan fingerprint density at radius 2 is 1.76 bits per heavy atom. The average molecular weight is 493 g/mol. The van der Waals surface area contributed by atoms with Gasteiger partial charge in [-0.15, -0.1) is 0 Å². The topological polar surface area (TPSA) is 98.4 Å². The number of nitrogens with one attached hydrogen (secondary N) is 3. The lowest BCUT2D eigenvalue weighted by atomic mass is 9.91. The van der Waals surface area contributed by atoms with Gasteiger partial charge in [0.1, 0.15) is 5.82 Å². The van der Waals surface area contributed by atoms with Crippen LogP contribution in [0.3, 0.4) is 0 Å². The van der Waals surface area contributed by atoms with Crippen molar-refractivity contribution in [1.82, 2.24) is 35.5 Å². The van der Waals surface area contributed by atoms with Gasteiger partial charge < -0.3 is 15.2 Å². The number of anilines is 1. The van der Waals surface area contributed by atoms with Crippen LogP contribution in [0.5, 0.6) is 0 Å². The van der Waals surface area contributed by atoms with Crippen LogP contribution in [0.15, 0.2) is 49.1 Å². The van der Waals surface area contributed by atoms with Crippen molar-refractivity contribution >= 4 is 27.8 Å². The molecule has 5 aromatic heterocycles. The molecule has 8 nitrogen and oxygen atoms in total. The van der Waals surface area contributed by atoms with Gasteiger partial charge in [0.25, 0.3) is 0 Å². The molecule has 2 aliphatic heterocycles. The maximum atomic E-state index is 4.75. The maximum absolute atomic E-state index is 4.75. The van der Waals surface area contributed by atoms with Crippen molar-refractivity contribution in [2.75, 3.05) is 31.1 Å². The van der Waals surface area contributed by atoms with E-state index >= 15 is 0 Å². The number of rotatable bonds is 5. The van der Waals surface area contributed by atoms with Gasteiger partial charge in [0, 0.05) is 59.8 Å². The van der Waals surface area contributed by atoms with Crippen molar-refractivity contribution in [1.29, 1.82) is 0 Å².